The standard InChI is InChI=1S/C25H35N5O2.3ClH/c1-17-27-23-16-28(25(31)32-2)12-11-24(23)30(17)21-14-19-8-9-20(15-21)29(19)13-10-22(26)18-6-4-3-5-7-18;;;/h3-7,19-22H,8-16,26H2,1-2H3;3*1H/t19?,20?,21?,22-;;;/m0.../s1. The van der Waals surface area contributed by atoms with Gasteiger partial charge in [-0.05, 0) is 44.6 Å². The number of aryl methyl sites for hydroxylation is 1. The van der Waals surface area contributed by atoms with Crippen LogP contribution in [0.5, 0.6) is 0 Å². The Bertz CT molecular complexity index is 960. The molecule has 7 nitrogen and oxygen atoms in total. The maximum atomic E-state index is 12.0. The predicted octanol–water partition coefficient (Wildman–Crippen LogP) is 4.84. The van der Waals surface area contributed by atoms with Crippen molar-refractivity contribution in [2.45, 2.75) is 76.2 Å². The first kappa shape index (κ1) is 29.7. The van der Waals surface area contributed by atoms with Crippen LogP contribution in [0.25, 0.3) is 0 Å². The fourth-order valence-electron chi connectivity index (χ4n) is 6.29. The highest BCUT2D eigenvalue weighted by molar-refractivity contribution is 5.86. The summed E-state index contributed by atoms with van der Waals surface area (Å²) in [7, 11) is 1.44. The summed E-state index contributed by atoms with van der Waals surface area (Å²) in [5.74, 6) is 1.09. The summed E-state index contributed by atoms with van der Waals surface area (Å²) in [4.78, 5) is 21.3. The third-order valence-electron chi connectivity index (χ3n) is 7.81. The van der Waals surface area contributed by atoms with Crippen molar-refractivity contribution in [2.24, 2.45) is 5.73 Å². The van der Waals surface area contributed by atoms with Crippen molar-refractivity contribution in [3.63, 3.8) is 0 Å². The van der Waals surface area contributed by atoms with Gasteiger partial charge in [0, 0.05) is 49.4 Å². The van der Waals surface area contributed by atoms with Gasteiger partial charge in [-0.3, -0.25) is 4.90 Å². The molecule has 10 heteroatoms. The minimum atomic E-state index is -0.261. The van der Waals surface area contributed by atoms with Gasteiger partial charge in [-0.15, -0.1) is 37.2 Å². The number of carbonyl (C=O) groups is 1. The molecule has 2 N–H and O–H groups in total. The van der Waals surface area contributed by atoms with E-state index >= 15 is 0 Å². The van der Waals surface area contributed by atoms with Crippen LogP contribution in [0.2, 0.25) is 0 Å². The van der Waals surface area contributed by atoms with E-state index in [4.69, 9.17) is 15.5 Å². The van der Waals surface area contributed by atoms with E-state index in [9.17, 15) is 4.79 Å². The van der Waals surface area contributed by atoms with Crippen molar-refractivity contribution in [3.8, 4) is 0 Å². The Morgan fingerprint density at radius 2 is 1.77 bits per heavy atom. The summed E-state index contributed by atoms with van der Waals surface area (Å²) in [6, 6.07) is 12.3. The molecule has 3 aliphatic rings. The average molecular weight is 547 g/mol. The number of nitrogens with zero attached hydrogens (tertiary/aromatic N) is 4. The van der Waals surface area contributed by atoms with Crippen LogP contribution < -0.4 is 5.73 Å². The SMILES string of the molecule is COC(=O)N1CCc2c(nc(C)n2C2CC3CCC(C2)N3CC[C@H](N)c2ccccc2)C1.Cl.Cl.Cl. The van der Waals surface area contributed by atoms with Crippen molar-refractivity contribution in [1.29, 1.82) is 0 Å². The molecule has 0 aliphatic carbocycles. The minimum Gasteiger partial charge on any atom is -0.453 e. The summed E-state index contributed by atoms with van der Waals surface area (Å²) < 4.78 is 7.41. The summed E-state index contributed by atoms with van der Waals surface area (Å²) in [5, 5.41) is 0. The fourth-order valence-corrected chi connectivity index (χ4v) is 6.29. The third-order valence-corrected chi connectivity index (χ3v) is 7.81. The monoisotopic (exact) mass is 545 g/mol. The molecule has 2 aromatic rings. The number of carbonyl (C=O) groups excluding carboxylic acids is 1. The van der Waals surface area contributed by atoms with Gasteiger partial charge in [-0.1, -0.05) is 30.3 Å². The molecule has 2 bridgehead atoms. The van der Waals surface area contributed by atoms with Crippen LogP contribution in [-0.4, -0.2) is 57.7 Å². The molecule has 5 rings (SSSR count). The largest absolute Gasteiger partial charge is 0.453 e. The molecule has 2 saturated heterocycles. The number of rotatable bonds is 5. The molecule has 35 heavy (non-hydrogen) atoms. The summed E-state index contributed by atoms with van der Waals surface area (Å²) >= 11 is 0. The Morgan fingerprint density at radius 1 is 1.11 bits per heavy atom. The lowest BCUT2D eigenvalue weighted by molar-refractivity contribution is 0.100. The number of benzene rings is 1. The number of amides is 1. The van der Waals surface area contributed by atoms with Gasteiger partial charge >= 0.3 is 6.09 Å². The van der Waals surface area contributed by atoms with Crippen LogP contribution in [0.15, 0.2) is 30.3 Å². The van der Waals surface area contributed by atoms with Gasteiger partial charge in [0.25, 0.3) is 0 Å². The van der Waals surface area contributed by atoms with Gasteiger partial charge in [0.15, 0.2) is 0 Å². The molecule has 0 radical (unpaired) electrons. The molecular formula is C25H38Cl3N5O2. The van der Waals surface area contributed by atoms with E-state index in [2.05, 4.69) is 40.7 Å². The highest BCUT2D eigenvalue weighted by atomic mass is 35.5. The smallest absolute Gasteiger partial charge is 0.409 e. The number of hydrogen-bond acceptors (Lipinski definition) is 5. The van der Waals surface area contributed by atoms with Crippen LogP contribution >= 0.6 is 37.2 Å². The highest BCUT2D eigenvalue weighted by Gasteiger charge is 2.42. The zero-order valence-electron chi connectivity index (χ0n) is 20.5. The van der Waals surface area contributed by atoms with Crippen molar-refractivity contribution in [2.75, 3.05) is 20.2 Å². The van der Waals surface area contributed by atoms with E-state index < -0.39 is 0 Å². The second-order valence-corrected chi connectivity index (χ2v) is 9.62. The molecule has 196 valence electrons. The van der Waals surface area contributed by atoms with E-state index in [-0.39, 0.29) is 49.4 Å². The molecule has 1 aromatic carbocycles. The number of ether oxygens (including phenoxy) is 1. The molecule has 1 amide bonds. The molecule has 2 fully saturated rings. The van der Waals surface area contributed by atoms with E-state index in [1.807, 2.05) is 6.07 Å². The third kappa shape index (κ3) is 5.91. The second kappa shape index (κ2) is 12.6. The van der Waals surface area contributed by atoms with Crippen molar-refractivity contribution < 1.29 is 9.53 Å². The Hall–Kier alpha value is -1.51. The Kier molecular flexibility index (Phi) is 10.7. The van der Waals surface area contributed by atoms with Gasteiger partial charge in [0.1, 0.15) is 5.82 Å². The number of hydrogen-bond donors (Lipinski definition) is 1. The Morgan fingerprint density at radius 3 is 2.40 bits per heavy atom. The molecule has 3 aliphatic heterocycles. The predicted molar refractivity (Wildman–Crippen MR) is 145 cm³/mol. The van der Waals surface area contributed by atoms with Gasteiger partial charge in [0.2, 0.25) is 0 Å². The molecule has 0 saturated carbocycles. The molecule has 2 unspecified atom stereocenters. The van der Waals surface area contributed by atoms with Crippen LogP contribution in [0.1, 0.15) is 67.0 Å². The molecular weight excluding hydrogens is 509 g/mol. The maximum Gasteiger partial charge on any atom is 0.409 e. The van der Waals surface area contributed by atoms with Crippen LogP contribution in [0.4, 0.5) is 4.79 Å². The first-order chi connectivity index (χ1) is 15.5. The van der Waals surface area contributed by atoms with E-state index in [0.29, 0.717) is 31.2 Å². The van der Waals surface area contributed by atoms with Crippen LogP contribution in [0.3, 0.4) is 0 Å². The molecule has 4 heterocycles. The lowest BCUT2D eigenvalue weighted by Crippen LogP contribution is -2.45. The number of aromatic nitrogens is 2. The van der Waals surface area contributed by atoms with E-state index in [0.717, 1.165) is 30.9 Å². The lowest BCUT2D eigenvalue weighted by Gasteiger charge is -2.41. The normalized spacial score (nSPS) is 23.9. The Balaban J connectivity index is 0.00000144. The number of piperidine rings is 1. The van der Waals surface area contributed by atoms with Crippen molar-refractivity contribution in [3.05, 3.63) is 53.1 Å². The number of halogens is 3. The second-order valence-electron chi connectivity index (χ2n) is 9.62. The highest BCUT2D eigenvalue weighted by Crippen LogP contribution is 2.42. The average Bonchev–Trinajstić information content (AvgIpc) is 3.27. The summed E-state index contributed by atoms with van der Waals surface area (Å²) in [6.45, 7) is 4.45. The lowest BCUT2D eigenvalue weighted by atomic mass is 9.95. The number of imidazole rings is 1. The number of nitrogens with two attached hydrogens (primary N) is 1. The topological polar surface area (TPSA) is 76.6 Å². The first-order valence-corrected chi connectivity index (χ1v) is 12.0. The van der Waals surface area contributed by atoms with Crippen LogP contribution in [0, 0.1) is 6.92 Å². The van der Waals surface area contributed by atoms with Gasteiger partial charge in [-0.2, -0.15) is 0 Å². The van der Waals surface area contributed by atoms with Gasteiger partial charge in [0.05, 0.1) is 19.3 Å². The minimum absolute atomic E-state index is 0. The summed E-state index contributed by atoms with van der Waals surface area (Å²) in [6.07, 6.45) is 6.53. The quantitative estimate of drug-likeness (QED) is 0.581. The maximum absolute atomic E-state index is 12.0. The van der Waals surface area contributed by atoms with Gasteiger partial charge in [-0.25, -0.2) is 9.78 Å². The zero-order chi connectivity index (χ0) is 22.2. The van der Waals surface area contributed by atoms with Crippen LogP contribution in [-0.2, 0) is 17.7 Å². The van der Waals surface area contributed by atoms with Gasteiger partial charge < -0.3 is 19.9 Å². The first-order valence-electron chi connectivity index (χ1n) is 12.0. The summed E-state index contributed by atoms with van der Waals surface area (Å²) in [5.41, 5.74) is 10.1. The fraction of sp³-hybridized carbons (Fsp3) is 0.600. The number of fused-ring (bicyclic) bond motifs is 3. The molecule has 1 aromatic heterocycles. The number of methoxy groups -OCH3 is 1. The van der Waals surface area contributed by atoms with Crippen molar-refractivity contribution in [1.82, 2.24) is 19.4 Å². The Labute approximate surface area is 227 Å². The zero-order valence-corrected chi connectivity index (χ0v) is 22.9. The molecule has 3 atom stereocenters. The van der Waals surface area contributed by atoms with E-state index in [1.165, 1.54) is 44.1 Å². The van der Waals surface area contributed by atoms with Crippen molar-refractivity contribution >= 4 is 43.3 Å². The molecule has 0 spiro atoms. The van der Waals surface area contributed by atoms with E-state index in [1.54, 1.807) is 4.90 Å².